The van der Waals surface area contributed by atoms with Crippen LogP contribution in [0.25, 0.3) is 0 Å². The number of ether oxygens (including phenoxy) is 1. The van der Waals surface area contributed by atoms with Gasteiger partial charge in [0, 0.05) is 38.1 Å². The number of hydrogen-bond donors (Lipinski definition) is 3. The summed E-state index contributed by atoms with van der Waals surface area (Å²) in [5.41, 5.74) is 0. The summed E-state index contributed by atoms with van der Waals surface area (Å²) in [5.74, 6) is 0.0416. The highest BCUT2D eigenvalue weighted by molar-refractivity contribution is 4.86. The van der Waals surface area contributed by atoms with Gasteiger partial charge in [-0.05, 0) is 7.05 Å². The third kappa shape index (κ3) is 3.39. The highest BCUT2D eigenvalue weighted by Gasteiger charge is 2.35. The molecule has 0 radical (unpaired) electrons. The number of aliphatic hydroxyl groups excluding tert-OH is 3. The quantitative estimate of drug-likeness (QED) is 0.526. The summed E-state index contributed by atoms with van der Waals surface area (Å²) < 4.78 is 5.49. The van der Waals surface area contributed by atoms with E-state index in [-0.39, 0.29) is 44.4 Å². The van der Waals surface area contributed by atoms with E-state index in [0.29, 0.717) is 0 Å². The highest BCUT2D eigenvalue weighted by atomic mass is 16.5. The molecule has 1 heterocycles. The normalized spacial score (nSPS) is 33.2. The fourth-order valence-electron chi connectivity index (χ4n) is 2.25. The van der Waals surface area contributed by atoms with Crippen LogP contribution in [0.4, 0.5) is 0 Å². The van der Waals surface area contributed by atoms with Gasteiger partial charge in [0.2, 0.25) is 0 Å². The minimum absolute atomic E-state index is 0.0208. The zero-order valence-electron chi connectivity index (χ0n) is 9.17. The van der Waals surface area contributed by atoms with Gasteiger partial charge in [0.1, 0.15) is 0 Å². The fraction of sp³-hybridized carbons (Fsp3) is 1.00. The van der Waals surface area contributed by atoms with Crippen LogP contribution in [0.1, 0.15) is 0 Å². The maximum Gasteiger partial charge on any atom is 0.0701 e. The van der Waals surface area contributed by atoms with Gasteiger partial charge < -0.3 is 25.0 Å². The molecule has 5 heteroatoms. The van der Waals surface area contributed by atoms with Crippen LogP contribution in [0.3, 0.4) is 0 Å². The van der Waals surface area contributed by atoms with Crippen LogP contribution in [0.15, 0.2) is 0 Å². The van der Waals surface area contributed by atoms with Crippen LogP contribution in [-0.2, 0) is 4.74 Å². The number of likely N-dealkylation sites (tertiary alicyclic amines) is 1. The van der Waals surface area contributed by atoms with Crippen molar-refractivity contribution in [3.8, 4) is 0 Å². The van der Waals surface area contributed by atoms with Crippen molar-refractivity contribution in [2.24, 2.45) is 11.8 Å². The van der Waals surface area contributed by atoms with Crippen LogP contribution in [0.5, 0.6) is 0 Å². The summed E-state index contributed by atoms with van der Waals surface area (Å²) in [7, 11) is 1.97. The Labute approximate surface area is 90.3 Å². The van der Waals surface area contributed by atoms with Crippen LogP contribution in [-0.4, -0.2) is 72.9 Å². The monoisotopic (exact) mass is 219 g/mol. The minimum atomic E-state index is -0.150. The molecule has 0 spiro atoms. The molecule has 90 valence electrons. The minimum Gasteiger partial charge on any atom is -0.396 e. The van der Waals surface area contributed by atoms with Crippen LogP contribution in [0.2, 0.25) is 0 Å². The summed E-state index contributed by atoms with van der Waals surface area (Å²) >= 11 is 0. The van der Waals surface area contributed by atoms with Crippen molar-refractivity contribution in [1.29, 1.82) is 0 Å². The molecule has 1 fully saturated rings. The first kappa shape index (κ1) is 12.9. The Balaban J connectivity index is 2.57. The Hall–Kier alpha value is -0.200. The van der Waals surface area contributed by atoms with E-state index in [9.17, 15) is 10.2 Å². The molecule has 0 bridgehead atoms. The average Bonchev–Trinajstić information content (AvgIpc) is 2.26. The Morgan fingerprint density at radius 3 is 2.07 bits per heavy atom. The average molecular weight is 219 g/mol. The molecule has 1 rings (SSSR count). The molecule has 0 saturated carbocycles. The van der Waals surface area contributed by atoms with Crippen molar-refractivity contribution < 1.29 is 20.1 Å². The van der Waals surface area contributed by atoms with E-state index >= 15 is 0 Å². The van der Waals surface area contributed by atoms with E-state index in [2.05, 4.69) is 4.90 Å². The maximum atomic E-state index is 9.24. The van der Waals surface area contributed by atoms with Gasteiger partial charge >= 0.3 is 0 Å². The molecule has 1 aliphatic rings. The molecular weight excluding hydrogens is 198 g/mol. The Morgan fingerprint density at radius 1 is 1.13 bits per heavy atom. The van der Waals surface area contributed by atoms with Crippen molar-refractivity contribution in [3.63, 3.8) is 0 Å². The summed E-state index contributed by atoms with van der Waals surface area (Å²) in [5, 5.41) is 27.2. The maximum absolute atomic E-state index is 9.24. The van der Waals surface area contributed by atoms with Crippen LogP contribution in [0, 0.1) is 11.8 Å². The van der Waals surface area contributed by atoms with Crippen molar-refractivity contribution >= 4 is 0 Å². The zero-order chi connectivity index (χ0) is 11.3. The molecule has 1 saturated heterocycles. The fourth-order valence-corrected chi connectivity index (χ4v) is 2.25. The third-order valence-corrected chi connectivity index (χ3v) is 2.89. The van der Waals surface area contributed by atoms with E-state index in [1.54, 1.807) is 0 Å². The van der Waals surface area contributed by atoms with E-state index in [0.717, 1.165) is 13.1 Å². The molecule has 1 aliphatic heterocycles. The largest absolute Gasteiger partial charge is 0.396 e. The SMILES string of the molecule is CN1CC(CO)C(OCCO)C(CO)C1. The van der Waals surface area contributed by atoms with E-state index in [1.165, 1.54) is 0 Å². The third-order valence-electron chi connectivity index (χ3n) is 2.89. The highest BCUT2D eigenvalue weighted by Crippen LogP contribution is 2.24. The number of aliphatic hydroxyl groups is 3. The number of rotatable bonds is 5. The van der Waals surface area contributed by atoms with Gasteiger partial charge in [0.25, 0.3) is 0 Å². The van der Waals surface area contributed by atoms with Gasteiger partial charge in [-0.15, -0.1) is 0 Å². The molecular formula is C10H21NO4. The first-order valence-corrected chi connectivity index (χ1v) is 5.35. The molecule has 0 amide bonds. The second-order valence-electron chi connectivity index (χ2n) is 4.17. The molecule has 0 aliphatic carbocycles. The van der Waals surface area contributed by atoms with Crippen LogP contribution < -0.4 is 0 Å². The number of piperidine rings is 1. The van der Waals surface area contributed by atoms with Gasteiger partial charge in [0.15, 0.2) is 0 Å². The van der Waals surface area contributed by atoms with Gasteiger partial charge in [0.05, 0.1) is 19.3 Å². The predicted molar refractivity (Wildman–Crippen MR) is 55.5 cm³/mol. The first-order chi connectivity index (χ1) is 7.22. The molecule has 2 unspecified atom stereocenters. The lowest BCUT2D eigenvalue weighted by atomic mass is 9.87. The van der Waals surface area contributed by atoms with Crippen molar-refractivity contribution in [2.75, 3.05) is 46.6 Å². The lowest BCUT2D eigenvalue weighted by Crippen LogP contribution is -2.51. The second kappa shape index (κ2) is 6.40. The first-order valence-electron chi connectivity index (χ1n) is 5.35. The Morgan fingerprint density at radius 2 is 1.67 bits per heavy atom. The van der Waals surface area contributed by atoms with E-state index in [4.69, 9.17) is 9.84 Å². The lowest BCUT2D eigenvalue weighted by molar-refractivity contribution is -0.0984. The van der Waals surface area contributed by atoms with Crippen molar-refractivity contribution in [2.45, 2.75) is 6.10 Å². The summed E-state index contributed by atoms with van der Waals surface area (Å²) in [6.45, 7) is 1.88. The molecule has 0 aromatic heterocycles. The molecule has 0 aromatic rings. The molecule has 0 aromatic carbocycles. The molecule has 3 N–H and O–H groups in total. The predicted octanol–water partition coefficient (Wildman–Crippen LogP) is -1.47. The van der Waals surface area contributed by atoms with Crippen molar-refractivity contribution in [3.05, 3.63) is 0 Å². The van der Waals surface area contributed by atoms with Gasteiger partial charge in [-0.25, -0.2) is 0 Å². The van der Waals surface area contributed by atoms with Crippen LogP contribution >= 0.6 is 0 Å². The second-order valence-corrected chi connectivity index (χ2v) is 4.17. The molecule has 2 atom stereocenters. The molecule has 5 nitrogen and oxygen atoms in total. The Bertz CT molecular complexity index is 165. The summed E-state index contributed by atoms with van der Waals surface area (Å²) in [4.78, 5) is 2.08. The topological polar surface area (TPSA) is 73.2 Å². The van der Waals surface area contributed by atoms with Crippen molar-refractivity contribution in [1.82, 2.24) is 4.90 Å². The standard InChI is InChI=1S/C10H21NO4/c1-11-4-8(6-13)10(15-3-2-12)9(5-11)7-14/h8-10,12-14H,2-7H2,1H3. The van der Waals surface area contributed by atoms with Gasteiger partial charge in [-0.2, -0.15) is 0 Å². The van der Waals surface area contributed by atoms with Gasteiger partial charge in [-0.3, -0.25) is 0 Å². The molecule has 15 heavy (non-hydrogen) atoms. The summed E-state index contributed by atoms with van der Waals surface area (Å²) in [6.07, 6.45) is -0.150. The smallest absolute Gasteiger partial charge is 0.0701 e. The van der Waals surface area contributed by atoms with E-state index < -0.39 is 0 Å². The Kier molecular flexibility index (Phi) is 5.49. The van der Waals surface area contributed by atoms with Gasteiger partial charge in [-0.1, -0.05) is 0 Å². The number of hydrogen-bond acceptors (Lipinski definition) is 5. The number of nitrogens with zero attached hydrogens (tertiary/aromatic N) is 1. The lowest BCUT2D eigenvalue weighted by Gasteiger charge is -2.40. The summed E-state index contributed by atoms with van der Waals surface area (Å²) in [6, 6.07) is 0. The zero-order valence-corrected chi connectivity index (χ0v) is 9.17. The van der Waals surface area contributed by atoms with E-state index in [1.807, 2.05) is 7.05 Å².